The van der Waals surface area contributed by atoms with Crippen LogP contribution in [0.2, 0.25) is 15.1 Å². The van der Waals surface area contributed by atoms with Crippen LogP contribution in [0.5, 0.6) is 5.75 Å². The highest BCUT2D eigenvalue weighted by Gasteiger charge is 2.17. The summed E-state index contributed by atoms with van der Waals surface area (Å²) in [6, 6.07) is 17.1. The summed E-state index contributed by atoms with van der Waals surface area (Å²) >= 11 is 19.6. The Bertz CT molecular complexity index is 1400. The van der Waals surface area contributed by atoms with Crippen LogP contribution in [-0.2, 0) is 0 Å². The molecule has 0 fully saturated rings. The molecule has 32 heavy (non-hydrogen) atoms. The Balaban J connectivity index is 1.78. The molecule has 0 atom stereocenters. The molecule has 0 aliphatic carbocycles. The predicted molar refractivity (Wildman–Crippen MR) is 127 cm³/mol. The van der Waals surface area contributed by atoms with Crippen molar-refractivity contribution < 1.29 is 14.6 Å². The molecule has 4 rings (SSSR count). The van der Waals surface area contributed by atoms with Gasteiger partial charge in [-0.2, -0.15) is 5.26 Å². The van der Waals surface area contributed by atoms with Gasteiger partial charge in [-0.05, 0) is 42.5 Å². The molecule has 0 spiro atoms. The second-order valence-corrected chi connectivity index (χ2v) is 8.66. The van der Waals surface area contributed by atoms with Gasteiger partial charge in [0.25, 0.3) is 0 Å². The van der Waals surface area contributed by atoms with Crippen LogP contribution >= 0.6 is 46.1 Å². The van der Waals surface area contributed by atoms with Gasteiger partial charge in [-0.1, -0.05) is 46.9 Å². The first-order chi connectivity index (χ1) is 15.4. The summed E-state index contributed by atoms with van der Waals surface area (Å²) in [5.41, 5.74) is 3.40. The lowest BCUT2D eigenvalue weighted by atomic mass is 9.98. The zero-order valence-electron chi connectivity index (χ0n) is 16.0. The Hall–Kier alpha value is -3.08. The van der Waals surface area contributed by atoms with E-state index in [1.165, 1.54) is 11.3 Å². The normalized spacial score (nSPS) is 10.6. The highest BCUT2D eigenvalue weighted by molar-refractivity contribution is 7.13. The number of nitriles is 1. The van der Waals surface area contributed by atoms with E-state index in [4.69, 9.17) is 39.5 Å². The van der Waals surface area contributed by atoms with Gasteiger partial charge >= 0.3 is 6.16 Å². The molecule has 5 nitrogen and oxygen atoms in total. The SMILES string of the molecule is N#Cc1ccc(Cl)cc1-c1ccc(-c2nc(-c3ccc(Cl)c(Cl)c3)cs2)cc1OC(=O)O. The minimum Gasteiger partial charge on any atom is -0.449 e. The molecule has 4 aromatic rings. The molecule has 1 N–H and O–H groups in total. The van der Waals surface area contributed by atoms with Gasteiger partial charge in [0.15, 0.2) is 0 Å². The van der Waals surface area contributed by atoms with Crippen LogP contribution in [0.1, 0.15) is 5.56 Å². The van der Waals surface area contributed by atoms with Crippen molar-refractivity contribution in [1.29, 1.82) is 5.26 Å². The highest BCUT2D eigenvalue weighted by Crippen LogP contribution is 2.39. The maximum absolute atomic E-state index is 11.3. The fraction of sp³-hybridized carbons (Fsp3) is 0. The smallest absolute Gasteiger partial charge is 0.449 e. The fourth-order valence-corrected chi connectivity index (χ4v) is 4.38. The Morgan fingerprint density at radius 2 is 1.75 bits per heavy atom. The van der Waals surface area contributed by atoms with Crippen LogP contribution in [-0.4, -0.2) is 16.2 Å². The van der Waals surface area contributed by atoms with Crippen LogP contribution in [0.3, 0.4) is 0 Å². The van der Waals surface area contributed by atoms with Crippen LogP contribution < -0.4 is 4.74 Å². The first-order valence-electron chi connectivity index (χ1n) is 9.02. The van der Waals surface area contributed by atoms with Crippen molar-refractivity contribution >= 4 is 52.3 Å². The van der Waals surface area contributed by atoms with Crippen LogP contribution in [0.15, 0.2) is 60.0 Å². The van der Waals surface area contributed by atoms with E-state index >= 15 is 0 Å². The number of thiazole rings is 1. The zero-order valence-corrected chi connectivity index (χ0v) is 19.1. The van der Waals surface area contributed by atoms with Crippen LogP contribution in [0.25, 0.3) is 33.0 Å². The van der Waals surface area contributed by atoms with Gasteiger partial charge in [0, 0.05) is 32.7 Å². The van der Waals surface area contributed by atoms with Gasteiger partial charge in [0.2, 0.25) is 0 Å². The molecule has 3 aromatic carbocycles. The van der Waals surface area contributed by atoms with E-state index in [0.717, 1.165) is 5.56 Å². The third-order valence-corrected chi connectivity index (χ3v) is 6.40. The van der Waals surface area contributed by atoms with E-state index in [1.807, 2.05) is 11.4 Å². The molecule has 0 radical (unpaired) electrons. The number of halogens is 3. The molecule has 0 amide bonds. The lowest BCUT2D eigenvalue weighted by Gasteiger charge is -2.11. The third kappa shape index (κ3) is 4.57. The van der Waals surface area contributed by atoms with Gasteiger partial charge in [0.05, 0.1) is 27.4 Å². The summed E-state index contributed by atoms with van der Waals surface area (Å²) in [5.74, 6) is 0.0695. The number of carbonyl (C=O) groups is 1. The van der Waals surface area contributed by atoms with Crippen molar-refractivity contribution in [3.63, 3.8) is 0 Å². The van der Waals surface area contributed by atoms with Gasteiger partial charge in [-0.15, -0.1) is 11.3 Å². The molecular formula is C23H11Cl3N2O3S. The van der Waals surface area contributed by atoms with E-state index in [0.29, 0.717) is 48.0 Å². The molecule has 158 valence electrons. The number of aromatic nitrogens is 1. The molecular weight excluding hydrogens is 491 g/mol. The van der Waals surface area contributed by atoms with Gasteiger partial charge in [-0.3, -0.25) is 0 Å². The van der Waals surface area contributed by atoms with E-state index in [2.05, 4.69) is 11.1 Å². The molecule has 1 heterocycles. The Labute approximate surface area is 202 Å². The number of benzene rings is 3. The minimum absolute atomic E-state index is 0.0695. The van der Waals surface area contributed by atoms with Crippen molar-refractivity contribution in [2.45, 2.75) is 0 Å². The molecule has 0 bridgehead atoms. The predicted octanol–water partition coefficient (Wildman–Crippen LogP) is 8.03. The van der Waals surface area contributed by atoms with E-state index in [1.54, 1.807) is 48.5 Å². The molecule has 0 saturated carbocycles. The van der Waals surface area contributed by atoms with E-state index in [-0.39, 0.29) is 5.75 Å². The largest absolute Gasteiger partial charge is 0.511 e. The number of hydrogen-bond acceptors (Lipinski definition) is 5. The van der Waals surface area contributed by atoms with Crippen molar-refractivity contribution in [2.75, 3.05) is 0 Å². The molecule has 0 aliphatic rings. The second kappa shape index (κ2) is 9.19. The molecule has 0 unspecified atom stereocenters. The Morgan fingerprint density at radius 1 is 0.969 bits per heavy atom. The second-order valence-electron chi connectivity index (χ2n) is 6.55. The maximum atomic E-state index is 11.3. The van der Waals surface area contributed by atoms with Crippen LogP contribution in [0, 0.1) is 11.3 Å². The lowest BCUT2D eigenvalue weighted by Crippen LogP contribution is -2.04. The summed E-state index contributed by atoms with van der Waals surface area (Å²) in [7, 11) is 0. The maximum Gasteiger partial charge on any atom is 0.511 e. The third-order valence-electron chi connectivity index (χ3n) is 4.54. The fourth-order valence-electron chi connectivity index (χ4n) is 3.09. The quantitative estimate of drug-likeness (QED) is 0.226. The lowest BCUT2D eigenvalue weighted by molar-refractivity contribution is 0.144. The molecule has 1 aromatic heterocycles. The average molecular weight is 502 g/mol. The highest BCUT2D eigenvalue weighted by atomic mass is 35.5. The first kappa shape index (κ1) is 22.1. The standard InChI is InChI=1S/C23H11Cl3N2O3S/c24-15-4-1-14(10-27)17(9-15)16-5-2-13(8-21(16)31-23(29)30)22-28-20(11-32-22)12-3-6-18(25)19(26)7-12/h1-9,11H,(H,29,30). The average Bonchev–Trinajstić information content (AvgIpc) is 3.25. The number of rotatable bonds is 4. The molecule has 0 aliphatic heterocycles. The molecule has 9 heteroatoms. The van der Waals surface area contributed by atoms with Crippen molar-refractivity contribution in [3.8, 4) is 44.8 Å². The zero-order chi connectivity index (χ0) is 22.8. The Kier molecular flexibility index (Phi) is 6.35. The Morgan fingerprint density at radius 3 is 2.47 bits per heavy atom. The number of ether oxygens (including phenoxy) is 1. The summed E-state index contributed by atoms with van der Waals surface area (Å²) in [4.78, 5) is 16.0. The van der Waals surface area contributed by atoms with Gasteiger partial charge in [-0.25, -0.2) is 9.78 Å². The van der Waals surface area contributed by atoms with Crippen molar-refractivity contribution in [3.05, 3.63) is 80.6 Å². The van der Waals surface area contributed by atoms with Crippen molar-refractivity contribution in [2.24, 2.45) is 0 Å². The summed E-state index contributed by atoms with van der Waals surface area (Å²) in [6.45, 7) is 0. The topological polar surface area (TPSA) is 83.2 Å². The van der Waals surface area contributed by atoms with Gasteiger partial charge < -0.3 is 9.84 Å². The number of nitrogens with zero attached hydrogens (tertiary/aromatic N) is 2. The van der Waals surface area contributed by atoms with E-state index < -0.39 is 6.16 Å². The first-order valence-corrected chi connectivity index (χ1v) is 11.0. The summed E-state index contributed by atoms with van der Waals surface area (Å²) in [5, 5.41) is 22.5. The summed E-state index contributed by atoms with van der Waals surface area (Å²) < 4.78 is 5.03. The van der Waals surface area contributed by atoms with Crippen LogP contribution in [0.4, 0.5) is 4.79 Å². The summed E-state index contributed by atoms with van der Waals surface area (Å²) in [6.07, 6.45) is -1.47. The van der Waals surface area contributed by atoms with Gasteiger partial charge in [0.1, 0.15) is 10.8 Å². The number of hydrogen-bond donors (Lipinski definition) is 1. The molecule has 0 saturated heterocycles. The minimum atomic E-state index is -1.47. The monoisotopic (exact) mass is 500 g/mol. The number of carboxylic acid groups (broad SMARTS) is 1. The van der Waals surface area contributed by atoms with E-state index in [9.17, 15) is 15.2 Å². The van der Waals surface area contributed by atoms with Crippen molar-refractivity contribution in [1.82, 2.24) is 4.98 Å².